The first-order valence-electron chi connectivity index (χ1n) is 7.05. The lowest BCUT2D eigenvalue weighted by Crippen LogP contribution is -2.57. The van der Waals surface area contributed by atoms with Gasteiger partial charge in [0.1, 0.15) is 34.9 Å². The molecule has 1 aliphatic rings. The molecule has 0 bridgehead atoms. The molecule has 11 nitrogen and oxygen atoms in total. The quantitative estimate of drug-likeness (QED) is 0.124. The molecular formula is C11H21NO10S3. The highest BCUT2D eigenvalue weighted by atomic mass is 32.3. The number of hydrogen-bond acceptors (Lipinski definition) is 11. The van der Waals surface area contributed by atoms with Crippen molar-refractivity contribution >= 4 is 38.0 Å². The molecule has 0 unspecified atom stereocenters. The molecule has 1 aliphatic heterocycles. The van der Waals surface area contributed by atoms with E-state index in [4.69, 9.17) is 14.4 Å². The fraction of sp³-hybridized carbons (Fsp3) is 0.909. The molecule has 0 spiro atoms. The van der Waals surface area contributed by atoms with Crippen LogP contribution < -0.4 is 0 Å². The van der Waals surface area contributed by atoms with Gasteiger partial charge in [0.25, 0.3) is 0 Å². The molecule has 14 heteroatoms. The van der Waals surface area contributed by atoms with Crippen molar-refractivity contribution in [2.75, 3.05) is 18.6 Å². The Balaban J connectivity index is 2.85. The van der Waals surface area contributed by atoms with E-state index in [0.717, 1.165) is 0 Å². The Labute approximate surface area is 151 Å². The smallest absolute Gasteiger partial charge is 0.394 e. The van der Waals surface area contributed by atoms with Crippen LogP contribution in [0.15, 0.2) is 5.16 Å². The van der Waals surface area contributed by atoms with Gasteiger partial charge in [-0.2, -0.15) is 8.42 Å². The number of nitrogens with zero attached hydrogens (tertiary/aromatic N) is 1. The lowest BCUT2D eigenvalue weighted by Gasteiger charge is -2.39. The highest BCUT2D eigenvalue weighted by molar-refractivity contribution is 8.14. The van der Waals surface area contributed by atoms with Gasteiger partial charge in [0, 0.05) is 29.2 Å². The van der Waals surface area contributed by atoms with E-state index in [1.165, 1.54) is 6.26 Å². The van der Waals surface area contributed by atoms with E-state index in [1.807, 2.05) is 0 Å². The average Bonchev–Trinajstić information content (AvgIpc) is 2.51. The van der Waals surface area contributed by atoms with E-state index in [0.29, 0.717) is 23.9 Å². The third-order valence-corrected chi connectivity index (χ3v) is 5.46. The van der Waals surface area contributed by atoms with Crippen molar-refractivity contribution in [1.29, 1.82) is 0 Å². The van der Waals surface area contributed by atoms with Crippen molar-refractivity contribution in [3.05, 3.63) is 0 Å². The Hall–Kier alpha value is -0.320. The number of thioether (sulfide) groups is 1. The largest absolute Gasteiger partial charge is 0.466 e. The summed E-state index contributed by atoms with van der Waals surface area (Å²) >= 11 is 0.687. The summed E-state index contributed by atoms with van der Waals surface area (Å²) in [7, 11) is -5.94. The van der Waals surface area contributed by atoms with Crippen molar-refractivity contribution in [2.24, 2.45) is 5.16 Å². The Morgan fingerprint density at radius 3 is 2.44 bits per heavy atom. The third-order valence-electron chi connectivity index (χ3n) is 3.16. The van der Waals surface area contributed by atoms with Crippen LogP contribution in [0.1, 0.15) is 12.8 Å². The molecule has 0 aromatic heterocycles. The van der Waals surface area contributed by atoms with Crippen LogP contribution in [0, 0.1) is 0 Å². The highest BCUT2D eigenvalue weighted by Crippen LogP contribution is 2.30. The number of ether oxygens (including phenoxy) is 1. The maximum absolute atomic E-state index is 11.1. The first-order valence-corrected chi connectivity index (χ1v) is 11.0. The average molecular weight is 423 g/mol. The normalized spacial score (nSPS) is 32.4. The summed E-state index contributed by atoms with van der Waals surface area (Å²) in [6.07, 6.45) is -3.92. The van der Waals surface area contributed by atoms with Gasteiger partial charge < -0.3 is 25.2 Å². The molecule has 5 N–H and O–H groups in total. The summed E-state index contributed by atoms with van der Waals surface area (Å²) in [6.45, 7) is -0.620. The Morgan fingerprint density at radius 2 is 1.92 bits per heavy atom. The minimum atomic E-state index is -4.84. The molecule has 6 atom stereocenters. The summed E-state index contributed by atoms with van der Waals surface area (Å²) < 4.78 is 50.2. The second kappa shape index (κ2) is 10.1. The summed E-state index contributed by atoms with van der Waals surface area (Å²) in [5, 5.41) is 41.8. The van der Waals surface area contributed by atoms with E-state index in [2.05, 4.69) is 9.44 Å². The maximum atomic E-state index is 11.1. The van der Waals surface area contributed by atoms with Crippen LogP contribution >= 0.6 is 11.8 Å². The van der Waals surface area contributed by atoms with Gasteiger partial charge in [-0.1, -0.05) is 16.9 Å². The van der Waals surface area contributed by atoms with Crippen LogP contribution in [0.5, 0.6) is 0 Å². The minimum Gasteiger partial charge on any atom is -0.394 e. The van der Waals surface area contributed by atoms with Crippen LogP contribution in [0.4, 0.5) is 0 Å². The van der Waals surface area contributed by atoms with Gasteiger partial charge in [0.05, 0.1) is 6.61 Å². The number of rotatable bonds is 8. The van der Waals surface area contributed by atoms with Crippen molar-refractivity contribution < 1.29 is 46.6 Å². The van der Waals surface area contributed by atoms with Gasteiger partial charge in [0.2, 0.25) is 0 Å². The molecule has 0 aliphatic carbocycles. The van der Waals surface area contributed by atoms with Gasteiger partial charge >= 0.3 is 10.4 Å². The summed E-state index contributed by atoms with van der Waals surface area (Å²) in [6, 6.07) is 0. The molecule has 148 valence electrons. The Bertz CT molecular complexity index is 581. The molecule has 1 saturated heterocycles. The van der Waals surface area contributed by atoms with E-state index < -0.39 is 57.7 Å². The second-order valence-electron chi connectivity index (χ2n) is 5.18. The monoisotopic (exact) mass is 423 g/mol. The summed E-state index contributed by atoms with van der Waals surface area (Å²) in [4.78, 5) is 0. The van der Waals surface area contributed by atoms with Crippen molar-refractivity contribution in [3.8, 4) is 0 Å². The van der Waals surface area contributed by atoms with E-state index >= 15 is 0 Å². The zero-order valence-corrected chi connectivity index (χ0v) is 15.6. The van der Waals surface area contributed by atoms with E-state index in [-0.39, 0.29) is 11.5 Å². The lowest BCUT2D eigenvalue weighted by molar-refractivity contribution is -0.205. The van der Waals surface area contributed by atoms with Crippen LogP contribution in [-0.2, 0) is 30.2 Å². The predicted octanol–water partition coefficient (Wildman–Crippen LogP) is -2.19. The number of hydrogen-bond donors (Lipinski definition) is 5. The standard InChI is InChI=1S/C11H21NO10S3/c1-24(17)4-2-3-7(12-22-25(18,19)20)23-11-10(16)9(15)8(14)6(5-13)21-11/h6,8-11,13-16H,2-5H2,1H3,(H,18,19,20)/b12-7-/t6-,8-,9+,10-,11+,24+/m1/s1. The predicted molar refractivity (Wildman–Crippen MR) is 89.6 cm³/mol. The first-order chi connectivity index (χ1) is 11.5. The number of oxime groups is 1. The Morgan fingerprint density at radius 1 is 1.28 bits per heavy atom. The fourth-order valence-corrected chi connectivity index (χ4v) is 3.83. The molecule has 1 heterocycles. The van der Waals surface area contributed by atoms with Crippen LogP contribution in [0.25, 0.3) is 0 Å². The van der Waals surface area contributed by atoms with Crippen molar-refractivity contribution in [1.82, 2.24) is 0 Å². The van der Waals surface area contributed by atoms with Crippen LogP contribution in [0.3, 0.4) is 0 Å². The van der Waals surface area contributed by atoms with Gasteiger partial charge in [-0.05, 0) is 6.42 Å². The minimum absolute atomic E-state index is 0.0209. The van der Waals surface area contributed by atoms with Gasteiger partial charge in [-0.25, -0.2) is 4.28 Å². The highest BCUT2D eigenvalue weighted by Gasteiger charge is 2.44. The lowest BCUT2D eigenvalue weighted by atomic mass is 10.0. The van der Waals surface area contributed by atoms with Crippen LogP contribution in [0.2, 0.25) is 0 Å². The Kier molecular flexibility index (Phi) is 9.20. The first kappa shape index (κ1) is 22.7. The molecular weight excluding hydrogens is 402 g/mol. The van der Waals surface area contributed by atoms with Gasteiger partial charge in [0.15, 0.2) is 0 Å². The zero-order valence-electron chi connectivity index (χ0n) is 13.2. The molecule has 0 aromatic rings. The topological polar surface area (TPSA) is 183 Å². The summed E-state index contributed by atoms with van der Waals surface area (Å²) in [5.74, 6) is 0.292. The SMILES string of the molecule is C[S@](=O)CCC/C(=N/OS(=O)(=O)O)S[C@@H]1O[C@H](CO)[C@@H](O)[C@H](O)[C@H]1O. The van der Waals surface area contributed by atoms with Gasteiger partial charge in [-0.3, -0.25) is 8.76 Å². The van der Waals surface area contributed by atoms with E-state index in [1.54, 1.807) is 0 Å². The number of aliphatic hydroxyl groups excluding tert-OH is 4. The third kappa shape index (κ3) is 7.84. The number of aliphatic hydroxyl groups is 4. The molecule has 0 saturated carbocycles. The fourth-order valence-electron chi connectivity index (χ4n) is 1.94. The molecule has 0 radical (unpaired) electrons. The summed E-state index contributed by atoms with van der Waals surface area (Å²) in [5.41, 5.74) is -1.19. The molecule has 0 aromatic carbocycles. The van der Waals surface area contributed by atoms with Crippen molar-refractivity contribution in [2.45, 2.75) is 42.7 Å². The zero-order chi connectivity index (χ0) is 19.2. The van der Waals surface area contributed by atoms with E-state index in [9.17, 15) is 27.9 Å². The molecule has 1 fully saturated rings. The van der Waals surface area contributed by atoms with Gasteiger partial charge in [-0.15, -0.1) is 0 Å². The molecule has 25 heavy (non-hydrogen) atoms. The second-order valence-corrected chi connectivity index (χ2v) is 8.91. The molecule has 1 rings (SSSR count). The van der Waals surface area contributed by atoms with Crippen molar-refractivity contribution in [3.63, 3.8) is 0 Å². The molecule has 0 amide bonds. The maximum Gasteiger partial charge on any atom is 0.466 e. The van der Waals surface area contributed by atoms with Crippen LogP contribution in [-0.4, -0.2) is 91.1 Å².